The molecule has 0 bridgehead atoms. The fourth-order valence-electron chi connectivity index (χ4n) is 3.06. The van der Waals surface area contributed by atoms with E-state index < -0.39 is 0 Å². The monoisotopic (exact) mass is 289 g/mol. The molecule has 0 spiro atoms. The topological polar surface area (TPSA) is 29.0 Å². The summed E-state index contributed by atoms with van der Waals surface area (Å²) in [6, 6.07) is 8.11. The Morgan fingerprint density at radius 2 is 2.05 bits per heavy atom. The molecule has 1 unspecified atom stereocenters. The SMILES string of the molecule is CCC1CCCN(c2nc(Cl)nc3ccccc23)CC1. The molecule has 3 rings (SSSR count). The summed E-state index contributed by atoms with van der Waals surface area (Å²) in [6.07, 6.45) is 5.07. The molecule has 4 heteroatoms. The van der Waals surface area contributed by atoms with E-state index in [1.807, 2.05) is 18.2 Å². The number of anilines is 1. The van der Waals surface area contributed by atoms with Crippen LogP contribution in [0.2, 0.25) is 5.28 Å². The molecule has 1 aliphatic heterocycles. The normalized spacial score (nSPS) is 20.1. The molecule has 1 aromatic carbocycles. The predicted octanol–water partition coefficient (Wildman–Crippen LogP) is 4.30. The van der Waals surface area contributed by atoms with Crippen molar-refractivity contribution in [2.45, 2.75) is 32.6 Å². The van der Waals surface area contributed by atoms with Gasteiger partial charge in [-0.25, -0.2) is 4.98 Å². The third-order valence-electron chi connectivity index (χ3n) is 4.28. The third kappa shape index (κ3) is 2.73. The van der Waals surface area contributed by atoms with E-state index in [2.05, 4.69) is 27.9 Å². The van der Waals surface area contributed by atoms with Crippen molar-refractivity contribution in [2.75, 3.05) is 18.0 Å². The molecule has 20 heavy (non-hydrogen) atoms. The van der Waals surface area contributed by atoms with Crippen molar-refractivity contribution in [3.8, 4) is 0 Å². The van der Waals surface area contributed by atoms with Gasteiger partial charge in [0.15, 0.2) is 0 Å². The first-order valence-electron chi connectivity index (χ1n) is 7.45. The van der Waals surface area contributed by atoms with Gasteiger partial charge in [0, 0.05) is 18.5 Å². The molecule has 1 saturated heterocycles. The zero-order chi connectivity index (χ0) is 13.9. The van der Waals surface area contributed by atoms with E-state index in [0.717, 1.165) is 35.7 Å². The van der Waals surface area contributed by atoms with Crippen molar-refractivity contribution in [2.24, 2.45) is 5.92 Å². The Morgan fingerprint density at radius 3 is 2.90 bits per heavy atom. The zero-order valence-electron chi connectivity index (χ0n) is 11.8. The molecule has 0 amide bonds. The van der Waals surface area contributed by atoms with Gasteiger partial charge in [-0.2, -0.15) is 4.98 Å². The van der Waals surface area contributed by atoms with Gasteiger partial charge in [0.25, 0.3) is 0 Å². The van der Waals surface area contributed by atoms with Gasteiger partial charge in [0.1, 0.15) is 5.82 Å². The number of fused-ring (bicyclic) bond motifs is 1. The Labute approximate surface area is 125 Å². The van der Waals surface area contributed by atoms with Gasteiger partial charge >= 0.3 is 0 Å². The van der Waals surface area contributed by atoms with Crippen molar-refractivity contribution in [3.05, 3.63) is 29.5 Å². The van der Waals surface area contributed by atoms with Crippen LogP contribution in [-0.4, -0.2) is 23.1 Å². The van der Waals surface area contributed by atoms with Gasteiger partial charge in [-0.3, -0.25) is 0 Å². The largest absolute Gasteiger partial charge is 0.356 e. The fourth-order valence-corrected chi connectivity index (χ4v) is 3.23. The molecule has 0 radical (unpaired) electrons. The van der Waals surface area contributed by atoms with Crippen LogP contribution in [0.1, 0.15) is 32.6 Å². The first-order chi connectivity index (χ1) is 9.78. The molecule has 1 aromatic heterocycles. The zero-order valence-corrected chi connectivity index (χ0v) is 12.6. The molecule has 0 aliphatic carbocycles. The first-order valence-corrected chi connectivity index (χ1v) is 7.83. The van der Waals surface area contributed by atoms with E-state index in [1.54, 1.807) is 0 Å². The quantitative estimate of drug-likeness (QED) is 0.772. The summed E-state index contributed by atoms with van der Waals surface area (Å²) in [5.41, 5.74) is 0.929. The van der Waals surface area contributed by atoms with Crippen molar-refractivity contribution in [1.82, 2.24) is 9.97 Å². The standard InChI is InChI=1S/C16H20ClN3/c1-2-12-6-5-10-20(11-9-12)15-13-7-3-4-8-14(13)18-16(17)19-15/h3-4,7-8,12H,2,5-6,9-11H2,1H3. The predicted molar refractivity (Wildman–Crippen MR) is 84.4 cm³/mol. The molecule has 2 aromatic rings. The van der Waals surface area contributed by atoms with Crippen LogP contribution in [0.15, 0.2) is 24.3 Å². The highest BCUT2D eigenvalue weighted by molar-refractivity contribution is 6.28. The molecule has 1 aliphatic rings. The second kappa shape index (κ2) is 5.96. The Bertz CT molecular complexity index is 599. The maximum absolute atomic E-state index is 6.09. The Morgan fingerprint density at radius 1 is 1.20 bits per heavy atom. The smallest absolute Gasteiger partial charge is 0.224 e. The summed E-state index contributed by atoms with van der Waals surface area (Å²) in [5, 5.41) is 1.45. The first kappa shape index (κ1) is 13.6. The molecule has 1 fully saturated rings. The highest BCUT2D eigenvalue weighted by Gasteiger charge is 2.19. The number of hydrogen-bond donors (Lipinski definition) is 0. The number of aromatic nitrogens is 2. The average Bonchev–Trinajstić information content (AvgIpc) is 2.71. The van der Waals surface area contributed by atoms with Crippen LogP contribution < -0.4 is 4.90 Å². The van der Waals surface area contributed by atoms with Crippen LogP contribution in [0.4, 0.5) is 5.82 Å². The number of para-hydroxylation sites is 1. The van der Waals surface area contributed by atoms with Crippen molar-refractivity contribution in [1.29, 1.82) is 0 Å². The molecule has 3 nitrogen and oxygen atoms in total. The van der Waals surface area contributed by atoms with E-state index in [4.69, 9.17) is 11.6 Å². The molecule has 0 N–H and O–H groups in total. The lowest BCUT2D eigenvalue weighted by Crippen LogP contribution is -2.25. The lowest BCUT2D eigenvalue weighted by molar-refractivity contribution is 0.459. The van der Waals surface area contributed by atoms with Crippen molar-refractivity contribution in [3.63, 3.8) is 0 Å². The van der Waals surface area contributed by atoms with Crippen molar-refractivity contribution < 1.29 is 0 Å². The van der Waals surface area contributed by atoms with E-state index in [-0.39, 0.29) is 0 Å². The third-order valence-corrected chi connectivity index (χ3v) is 4.45. The number of nitrogens with zero attached hydrogens (tertiary/aromatic N) is 3. The average molecular weight is 290 g/mol. The molecule has 106 valence electrons. The van der Waals surface area contributed by atoms with Gasteiger partial charge < -0.3 is 4.90 Å². The number of benzene rings is 1. The minimum absolute atomic E-state index is 0.343. The number of hydrogen-bond acceptors (Lipinski definition) is 3. The highest BCUT2D eigenvalue weighted by Crippen LogP contribution is 2.29. The lowest BCUT2D eigenvalue weighted by atomic mass is 9.98. The van der Waals surface area contributed by atoms with Gasteiger partial charge in [-0.15, -0.1) is 0 Å². The Balaban J connectivity index is 1.97. The van der Waals surface area contributed by atoms with Gasteiger partial charge in [0.05, 0.1) is 5.52 Å². The van der Waals surface area contributed by atoms with Crippen LogP contribution in [0, 0.1) is 5.92 Å². The van der Waals surface area contributed by atoms with Gasteiger partial charge in [0.2, 0.25) is 5.28 Å². The van der Waals surface area contributed by atoms with Gasteiger partial charge in [-0.05, 0) is 48.9 Å². The molecule has 2 heterocycles. The molecule has 0 saturated carbocycles. The van der Waals surface area contributed by atoms with Crippen LogP contribution >= 0.6 is 11.6 Å². The summed E-state index contributed by atoms with van der Waals surface area (Å²) in [4.78, 5) is 11.2. The van der Waals surface area contributed by atoms with Crippen LogP contribution in [0.5, 0.6) is 0 Å². The summed E-state index contributed by atoms with van der Waals surface area (Å²) < 4.78 is 0. The molecular weight excluding hydrogens is 270 g/mol. The minimum atomic E-state index is 0.343. The number of rotatable bonds is 2. The van der Waals surface area contributed by atoms with Crippen LogP contribution in [0.3, 0.4) is 0 Å². The Hall–Kier alpha value is -1.35. The minimum Gasteiger partial charge on any atom is -0.356 e. The van der Waals surface area contributed by atoms with E-state index in [9.17, 15) is 0 Å². The van der Waals surface area contributed by atoms with E-state index >= 15 is 0 Å². The maximum atomic E-state index is 6.09. The van der Waals surface area contributed by atoms with Gasteiger partial charge in [-0.1, -0.05) is 25.5 Å². The van der Waals surface area contributed by atoms with Crippen LogP contribution in [-0.2, 0) is 0 Å². The molecule has 1 atom stereocenters. The second-order valence-electron chi connectivity index (χ2n) is 5.53. The van der Waals surface area contributed by atoms with E-state index in [0.29, 0.717) is 5.28 Å². The fraction of sp³-hybridized carbons (Fsp3) is 0.500. The second-order valence-corrected chi connectivity index (χ2v) is 5.86. The number of halogens is 1. The van der Waals surface area contributed by atoms with E-state index in [1.165, 1.54) is 25.7 Å². The van der Waals surface area contributed by atoms with Crippen LogP contribution in [0.25, 0.3) is 10.9 Å². The lowest BCUT2D eigenvalue weighted by Gasteiger charge is -2.23. The maximum Gasteiger partial charge on any atom is 0.224 e. The summed E-state index contributed by atoms with van der Waals surface area (Å²) in [6.45, 7) is 4.42. The molecular formula is C16H20ClN3. The summed E-state index contributed by atoms with van der Waals surface area (Å²) in [5.74, 6) is 1.85. The highest BCUT2D eigenvalue weighted by atomic mass is 35.5. The summed E-state index contributed by atoms with van der Waals surface area (Å²) >= 11 is 6.09. The summed E-state index contributed by atoms with van der Waals surface area (Å²) in [7, 11) is 0. The van der Waals surface area contributed by atoms with Crippen molar-refractivity contribution >= 4 is 28.3 Å². The Kier molecular flexibility index (Phi) is 4.06.